The number of amides is 1. The van der Waals surface area contributed by atoms with Gasteiger partial charge in [0.25, 0.3) is 0 Å². The first-order valence-corrected chi connectivity index (χ1v) is 7.09. The third-order valence-corrected chi connectivity index (χ3v) is 3.90. The van der Waals surface area contributed by atoms with E-state index in [1.54, 1.807) is 6.33 Å². The third-order valence-electron chi connectivity index (χ3n) is 3.90. The van der Waals surface area contributed by atoms with E-state index in [-0.39, 0.29) is 5.91 Å². The summed E-state index contributed by atoms with van der Waals surface area (Å²) in [6, 6.07) is 0. The van der Waals surface area contributed by atoms with Crippen molar-refractivity contribution >= 4 is 5.91 Å². The zero-order chi connectivity index (χ0) is 14.6. The van der Waals surface area contributed by atoms with Crippen molar-refractivity contribution in [1.82, 2.24) is 30.3 Å². The lowest BCUT2D eigenvalue weighted by Gasteiger charge is -2.39. The van der Waals surface area contributed by atoms with E-state index in [1.165, 1.54) is 0 Å². The van der Waals surface area contributed by atoms with Gasteiger partial charge >= 0.3 is 0 Å². The minimum Gasteiger partial charge on any atom is -0.354 e. The van der Waals surface area contributed by atoms with Crippen LogP contribution >= 0.6 is 0 Å². The maximum Gasteiger partial charge on any atom is 0.239 e. The Morgan fingerprint density at radius 1 is 1.45 bits per heavy atom. The van der Waals surface area contributed by atoms with Crippen LogP contribution in [0.3, 0.4) is 0 Å². The smallest absolute Gasteiger partial charge is 0.239 e. The molecule has 0 atom stereocenters. The van der Waals surface area contributed by atoms with E-state index in [2.05, 4.69) is 25.7 Å². The molecule has 1 fully saturated rings. The van der Waals surface area contributed by atoms with E-state index in [0.29, 0.717) is 13.0 Å². The van der Waals surface area contributed by atoms with Crippen LogP contribution < -0.4 is 10.6 Å². The summed E-state index contributed by atoms with van der Waals surface area (Å²) >= 11 is 0. The number of aryl methyl sites for hydroxylation is 1. The van der Waals surface area contributed by atoms with Gasteiger partial charge in [0.2, 0.25) is 5.91 Å². The Morgan fingerprint density at radius 2 is 2.15 bits per heavy atom. The molecule has 1 aliphatic rings. The highest BCUT2D eigenvalue weighted by Gasteiger charge is 2.34. The summed E-state index contributed by atoms with van der Waals surface area (Å²) in [7, 11) is 1.90. The molecule has 1 aliphatic heterocycles. The van der Waals surface area contributed by atoms with Crippen molar-refractivity contribution < 1.29 is 4.79 Å². The normalized spacial score (nSPS) is 17.1. The monoisotopic (exact) mass is 280 g/mol. The molecule has 2 heterocycles. The van der Waals surface area contributed by atoms with E-state index in [0.717, 1.165) is 32.0 Å². The molecular weight excluding hydrogens is 256 g/mol. The summed E-state index contributed by atoms with van der Waals surface area (Å²) in [6.45, 7) is 8.24. The number of aromatic nitrogens is 3. The van der Waals surface area contributed by atoms with Crippen LogP contribution in [0, 0.1) is 0 Å². The highest BCUT2D eigenvalue weighted by atomic mass is 16.2. The van der Waals surface area contributed by atoms with Gasteiger partial charge in [-0.15, -0.1) is 10.2 Å². The number of hydrogen-bond acceptors (Lipinski definition) is 5. The van der Waals surface area contributed by atoms with Gasteiger partial charge in [0.15, 0.2) is 0 Å². The van der Waals surface area contributed by atoms with Crippen LogP contribution in [0.4, 0.5) is 0 Å². The van der Waals surface area contributed by atoms with E-state index in [1.807, 2.05) is 25.5 Å². The number of carbonyl (C=O) groups is 1. The lowest BCUT2D eigenvalue weighted by molar-refractivity contribution is -0.132. The zero-order valence-corrected chi connectivity index (χ0v) is 12.5. The Labute approximate surface area is 119 Å². The van der Waals surface area contributed by atoms with Gasteiger partial charge < -0.3 is 15.2 Å². The molecule has 0 bridgehead atoms. The van der Waals surface area contributed by atoms with Crippen molar-refractivity contribution in [1.29, 1.82) is 0 Å². The third kappa shape index (κ3) is 3.34. The van der Waals surface area contributed by atoms with Gasteiger partial charge in [-0.25, -0.2) is 0 Å². The molecule has 7 nitrogen and oxygen atoms in total. The average molecular weight is 280 g/mol. The first kappa shape index (κ1) is 14.9. The molecule has 2 N–H and O–H groups in total. The lowest BCUT2D eigenvalue weighted by Crippen LogP contribution is -2.60. The van der Waals surface area contributed by atoms with Crippen molar-refractivity contribution in [2.24, 2.45) is 7.05 Å². The van der Waals surface area contributed by atoms with E-state index >= 15 is 0 Å². The number of nitrogens with zero attached hydrogens (tertiary/aromatic N) is 4. The predicted octanol–water partition coefficient (Wildman–Crippen LogP) is -0.842. The summed E-state index contributed by atoms with van der Waals surface area (Å²) in [5, 5.41) is 14.1. The predicted molar refractivity (Wildman–Crippen MR) is 76.2 cm³/mol. The van der Waals surface area contributed by atoms with Crippen LogP contribution in [0.2, 0.25) is 0 Å². The van der Waals surface area contributed by atoms with Crippen LogP contribution in [0.1, 0.15) is 19.7 Å². The highest BCUT2D eigenvalue weighted by Crippen LogP contribution is 2.15. The standard InChI is InChI=1S/C13H24N6O/c1-13(2,19-8-6-14-7-9-19)12(20)15-5-4-11-17-16-10-18(11)3/h10,14H,4-9H2,1-3H3,(H,15,20). The van der Waals surface area contributed by atoms with Crippen LogP contribution in [-0.4, -0.2) is 63.8 Å². The van der Waals surface area contributed by atoms with Crippen molar-refractivity contribution in [3.8, 4) is 0 Å². The summed E-state index contributed by atoms with van der Waals surface area (Å²) in [6.07, 6.45) is 2.36. The SMILES string of the molecule is Cn1cnnc1CCNC(=O)C(C)(C)N1CCNCC1. The fraction of sp³-hybridized carbons (Fsp3) is 0.769. The lowest BCUT2D eigenvalue weighted by atomic mass is 10.0. The zero-order valence-electron chi connectivity index (χ0n) is 12.5. The molecule has 20 heavy (non-hydrogen) atoms. The second kappa shape index (κ2) is 6.32. The summed E-state index contributed by atoms with van der Waals surface area (Å²) in [4.78, 5) is 14.6. The molecule has 0 aromatic carbocycles. The van der Waals surface area contributed by atoms with Crippen molar-refractivity contribution in [2.75, 3.05) is 32.7 Å². The highest BCUT2D eigenvalue weighted by molar-refractivity contribution is 5.85. The molecule has 1 aromatic heterocycles. The topological polar surface area (TPSA) is 75.1 Å². The van der Waals surface area contributed by atoms with Crippen molar-refractivity contribution in [3.63, 3.8) is 0 Å². The first-order chi connectivity index (χ1) is 9.51. The molecule has 7 heteroatoms. The molecule has 0 spiro atoms. The van der Waals surface area contributed by atoms with Gasteiger partial charge in [0.05, 0.1) is 5.54 Å². The number of nitrogens with one attached hydrogen (secondary N) is 2. The molecule has 1 aromatic rings. The number of piperazine rings is 1. The van der Waals surface area contributed by atoms with Gasteiger partial charge in [-0.05, 0) is 13.8 Å². The molecule has 0 saturated carbocycles. The quantitative estimate of drug-likeness (QED) is 0.735. The number of hydrogen-bond donors (Lipinski definition) is 2. The Hall–Kier alpha value is -1.47. The Balaban J connectivity index is 1.82. The van der Waals surface area contributed by atoms with Gasteiger partial charge in [0, 0.05) is 46.2 Å². The summed E-state index contributed by atoms with van der Waals surface area (Å²) in [5.74, 6) is 0.951. The molecule has 1 amide bonds. The first-order valence-electron chi connectivity index (χ1n) is 7.09. The second-order valence-corrected chi connectivity index (χ2v) is 5.66. The fourth-order valence-electron chi connectivity index (χ4n) is 2.41. The number of carbonyl (C=O) groups excluding carboxylic acids is 1. The average Bonchev–Trinajstić information content (AvgIpc) is 2.85. The molecule has 0 aliphatic carbocycles. The van der Waals surface area contributed by atoms with Gasteiger partial charge in [-0.3, -0.25) is 9.69 Å². The van der Waals surface area contributed by atoms with E-state index in [9.17, 15) is 4.79 Å². The van der Waals surface area contributed by atoms with Gasteiger partial charge in [-0.2, -0.15) is 0 Å². The van der Waals surface area contributed by atoms with Crippen LogP contribution in [0.5, 0.6) is 0 Å². The van der Waals surface area contributed by atoms with E-state index in [4.69, 9.17) is 0 Å². The minimum atomic E-state index is -0.470. The maximum atomic E-state index is 12.4. The Kier molecular flexibility index (Phi) is 4.72. The van der Waals surface area contributed by atoms with Crippen molar-refractivity contribution in [3.05, 3.63) is 12.2 Å². The van der Waals surface area contributed by atoms with Crippen molar-refractivity contribution in [2.45, 2.75) is 25.8 Å². The largest absolute Gasteiger partial charge is 0.354 e. The maximum absolute atomic E-state index is 12.4. The molecule has 0 radical (unpaired) electrons. The minimum absolute atomic E-state index is 0.0709. The Morgan fingerprint density at radius 3 is 2.75 bits per heavy atom. The number of rotatable bonds is 5. The molecule has 1 saturated heterocycles. The fourth-order valence-corrected chi connectivity index (χ4v) is 2.41. The van der Waals surface area contributed by atoms with Gasteiger partial charge in [-0.1, -0.05) is 0 Å². The summed E-state index contributed by atoms with van der Waals surface area (Å²) < 4.78 is 1.87. The van der Waals surface area contributed by atoms with Crippen LogP contribution in [-0.2, 0) is 18.3 Å². The van der Waals surface area contributed by atoms with Crippen LogP contribution in [0.15, 0.2) is 6.33 Å². The Bertz CT molecular complexity index is 449. The van der Waals surface area contributed by atoms with Crippen LogP contribution in [0.25, 0.3) is 0 Å². The second-order valence-electron chi connectivity index (χ2n) is 5.66. The molecule has 112 valence electrons. The molecular formula is C13H24N6O. The molecule has 0 unspecified atom stereocenters. The molecule has 2 rings (SSSR count). The van der Waals surface area contributed by atoms with Gasteiger partial charge in [0.1, 0.15) is 12.2 Å². The summed E-state index contributed by atoms with van der Waals surface area (Å²) in [5.41, 5.74) is -0.470. The van der Waals surface area contributed by atoms with E-state index < -0.39 is 5.54 Å².